The normalized spacial score (nSPS) is 10.7. The van der Waals surface area contributed by atoms with Crippen molar-refractivity contribution >= 4 is 41.1 Å². The summed E-state index contributed by atoms with van der Waals surface area (Å²) in [6, 6.07) is 15.0. The zero-order chi connectivity index (χ0) is 22.9. The van der Waals surface area contributed by atoms with E-state index in [1.54, 1.807) is 24.8 Å². The van der Waals surface area contributed by atoms with Gasteiger partial charge in [0, 0.05) is 28.5 Å². The molecule has 0 aliphatic rings. The van der Waals surface area contributed by atoms with Crippen molar-refractivity contribution in [1.82, 2.24) is 5.16 Å². The first-order chi connectivity index (χ1) is 15.4. The van der Waals surface area contributed by atoms with Crippen LogP contribution in [0, 0.1) is 6.92 Å². The molecule has 0 aliphatic heterocycles. The lowest BCUT2D eigenvalue weighted by Gasteiger charge is -2.08. The molecule has 0 fully saturated rings. The van der Waals surface area contributed by atoms with Crippen LogP contribution in [-0.2, 0) is 21.7 Å². The number of aromatic nitrogens is 1. The standard InChI is InChI=1S/C23H23ClN2O5S/c1-15-21(25-23(29)30-12-10-17-4-2-3-5-19(17)24)22(31-26-15)18-8-6-16(7-9-18)14-32-13-11-20(27)28/h2-9H,10-14H2,1H3,(H,25,29)(H,27,28). The molecule has 168 valence electrons. The number of anilines is 1. The van der Waals surface area contributed by atoms with E-state index in [9.17, 15) is 9.59 Å². The Kier molecular flexibility index (Phi) is 8.58. The first kappa shape index (κ1) is 23.7. The maximum atomic E-state index is 12.3. The number of nitrogens with one attached hydrogen (secondary N) is 1. The second kappa shape index (κ2) is 11.6. The smallest absolute Gasteiger partial charge is 0.411 e. The predicted octanol–water partition coefficient (Wildman–Crippen LogP) is 5.80. The molecule has 0 spiro atoms. The number of rotatable bonds is 10. The monoisotopic (exact) mass is 474 g/mol. The molecule has 7 nitrogen and oxygen atoms in total. The number of carboxylic acid groups (broad SMARTS) is 1. The number of thioether (sulfide) groups is 1. The second-order valence-corrected chi connectivity index (χ2v) is 8.48. The molecule has 1 amide bonds. The van der Waals surface area contributed by atoms with Crippen LogP contribution in [-0.4, -0.2) is 34.7 Å². The van der Waals surface area contributed by atoms with Gasteiger partial charge in [0.25, 0.3) is 0 Å². The van der Waals surface area contributed by atoms with E-state index in [-0.39, 0.29) is 13.0 Å². The summed E-state index contributed by atoms with van der Waals surface area (Å²) in [5, 5.41) is 16.0. The fourth-order valence-electron chi connectivity index (χ4n) is 2.91. The molecule has 2 N–H and O–H groups in total. The molecule has 3 rings (SSSR count). The SMILES string of the molecule is Cc1noc(-c2ccc(CSCCC(=O)O)cc2)c1NC(=O)OCCc1ccccc1Cl. The van der Waals surface area contributed by atoms with E-state index in [0.717, 1.165) is 16.7 Å². The van der Waals surface area contributed by atoms with E-state index in [2.05, 4.69) is 10.5 Å². The van der Waals surface area contributed by atoms with Crippen LogP contribution in [0.5, 0.6) is 0 Å². The van der Waals surface area contributed by atoms with Gasteiger partial charge in [-0.25, -0.2) is 4.79 Å². The van der Waals surface area contributed by atoms with Crippen LogP contribution in [0.2, 0.25) is 5.02 Å². The van der Waals surface area contributed by atoms with Crippen molar-refractivity contribution in [2.75, 3.05) is 17.7 Å². The maximum Gasteiger partial charge on any atom is 0.411 e. The second-order valence-electron chi connectivity index (χ2n) is 6.97. The third-order valence-corrected chi connectivity index (χ3v) is 6.00. The van der Waals surface area contributed by atoms with Crippen LogP contribution < -0.4 is 5.32 Å². The Balaban J connectivity index is 1.56. The zero-order valence-electron chi connectivity index (χ0n) is 17.5. The number of benzene rings is 2. The van der Waals surface area contributed by atoms with Crippen molar-refractivity contribution in [2.24, 2.45) is 0 Å². The third kappa shape index (κ3) is 6.77. The van der Waals surface area contributed by atoms with Crippen LogP contribution in [0.3, 0.4) is 0 Å². The summed E-state index contributed by atoms with van der Waals surface area (Å²) in [6.45, 7) is 1.92. The van der Waals surface area contributed by atoms with Crippen molar-refractivity contribution in [3.63, 3.8) is 0 Å². The highest BCUT2D eigenvalue weighted by Gasteiger charge is 2.18. The first-order valence-electron chi connectivity index (χ1n) is 9.96. The summed E-state index contributed by atoms with van der Waals surface area (Å²) in [5.41, 5.74) is 3.72. The fourth-order valence-corrected chi connectivity index (χ4v) is 4.03. The van der Waals surface area contributed by atoms with Crippen LogP contribution in [0.4, 0.5) is 10.5 Å². The number of carbonyl (C=O) groups excluding carboxylic acids is 1. The van der Waals surface area contributed by atoms with E-state index in [0.29, 0.717) is 40.1 Å². The van der Waals surface area contributed by atoms with E-state index in [4.69, 9.17) is 26.0 Å². The molecule has 0 aliphatic carbocycles. The highest BCUT2D eigenvalue weighted by molar-refractivity contribution is 7.98. The van der Waals surface area contributed by atoms with Gasteiger partial charge in [0.15, 0.2) is 5.76 Å². The quantitative estimate of drug-likeness (QED) is 0.358. The van der Waals surface area contributed by atoms with Crippen molar-refractivity contribution in [3.05, 3.63) is 70.4 Å². The van der Waals surface area contributed by atoms with Gasteiger partial charge in [-0.2, -0.15) is 11.8 Å². The molecule has 3 aromatic rings. The van der Waals surface area contributed by atoms with Gasteiger partial charge in [-0.3, -0.25) is 10.1 Å². The van der Waals surface area contributed by atoms with E-state index in [1.807, 2.05) is 42.5 Å². The molecule has 0 unspecified atom stereocenters. The lowest BCUT2D eigenvalue weighted by molar-refractivity contribution is -0.136. The molecule has 9 heteroatoms. The Morgan fingerprint density at radius 2 is 1.94 bits per heavy atom. The van der Waals surface area contributed by atoms with Gasteiger partial charge in [0.2, 0.25) is 0 Å². The molecule has 0 saturated carbocycles. The van der Waals surface area contributed by atoms with Crippen molar-refractivity contribution in [2.45, 2.75) is 25.5 Å². The summed E-state index contributed by atoms with van der Waals surface area (Å²) in [5.74, 6) is 0.920. The average Bonchev–Trinajstić information content (AvgIpc) is 3.13. The number of ether oxygens (including phenoxy) is 1. The van der Waals surface area contributed by atoms with E-state index >= 15 is 0 Å². The molecule has 0 saturated heterocycles. The summed E-state index contributed by atoms with van der Waals surface area (Å²) in [7, 11) is 0. The molecule has 1 aromatic heterocycles. The number of halogens is 1. The van der Waals surface area contributed by atoms with E-state index in [1.165, 1.54) is 0 Å². The maximum absolute atomic E-state index is 12.3. The van der Waals surface area contributed by atoms with Gasteiger partial charge in [-0.05, 0) is 24.1 Å². The lowest BCUT2D eigenvalue weighted by Crippen LogP contribution is -2.16. The van der Waals surface area contributed by atoms with Crippen LogP contribution >= 0.6 is 23.4 Å². The molecule has 1 heterocycles. The summed E-state index contributed by atoms with van der Waals surface area (Å²) >= 11 is 7.68. The number of hydrogen-bond acceptors (Lipinski definition) is 6. The highest BCUT2D eigenvalue weighted by atomic mass is 35.5. The van der Waals surface area contributed by atoms with Crippen LogP contribution in [0.15, 0.2) is 53.1 Å². The largest absolute Gasteiger partial charge is 0.481 e. The summed E-state index contributed by atoms with van der Waals surface area (Å²) < 4.78 is 10.7. The molecular formula is C23H23ClN2O5S. The topological polar surface area (TPSA) is 102 Å². The minimum Gasteiger partial charge on any atom is -0.481 e. The minimum absolute atomic E-state index is 0.142. The molecule has 0 bridgehead atoms. The Labute approximate surface area is 195 Å². The molecule has 32 heavy (non-hydrogen) atoms. The summed E-state index contributed by atoms with van der Waals surface area (Å²) in [4.78, 5) is 22.9. The number of carbonyl (C=O) groups is 2. The predicted molar refractivity (Wildman–Crippen MR) is 125 cm³/mol. The van der Waals surface area contributed by atoms with Gasteiger partial charge in [0.1, 0.15) is 11.4 Å². The number of amides is 1. The first-order valence-corrected chi connectivity index (χ1v) is 11.5. The Morgan fingerprint density at radius 3 is 2.66 bits per heavy atom. The van der Waals surface area contributed by atoms with Crippen molar-refractivity contribution in [3.8, 4) is 11.3 Å². The number of nitrogens with zero attached hydrogens (tertiary/aromatic N) is 1. The Morgan fingerprint density at radius 1 is 1.19 bits per heavy atom. The highest BCUT2D eigenvalue weighted by Crippen LogP contribution is 2.31. The molecule has 0 atom stereocenters. The van der Waals surface area contributed by atoms with Gasteiger partial charge in [-0.1, -0.05) is 59.2 Å². The molecule has 0 radical (unpaired) electrons. The van der Waals surface area contributed by atoms with E-state index < -0.39 is 12.1 Å². The third-order valence-electron chi connectivity index (χ3n) is 4.60. The van der Waals surface area contributed by atoms with Gasteiger partial charge < -0.3 is 14.4 Å². The fraction of sp³-hybridized carbons (Fsp3) is 0.261. The number of aliphatic carboxylic acids is 1. The zero-order valence-corrected chi connectivity index (χ0v) is 19.0. The van der Waals surface area contributed by atoms with Gasteiger partial charge in [0.05, 0.1) is 13.0 Å². The number of hydrogen-bond donors (Lipinski definition) is 2. The average molecular weight is 475 g/mol. The number of carboxylic acids is 1. The minimum atomic E-state index is -0.795. The van der Waals surface area contributed by atoms with Crippen molar-refractivity contribution < 1.29 is 24.0 Å². The Hall–Kier alpha value is -2.97. The van der Waals surface area contributed by atoms with Crippen LogP contribution in [0.25, 0.3) is 11.3 Å². The molecular weight excluding hydrogens is 452 g/mol. The van der Waals surface area contributed by atoms with Crippen molar-refractivity contribution in [1.29, 1.82) is 0 Å². The van der Waals surface area contributed by atoms with Gasteiger partial charge in [-0.15, -0.1) is 0 Å². The Bertz CT molecular complexity index is 1070. The van der Waals surface area contributed by atoms with Crippen LogP contribution in [0.1, 0.15) is 23.2 Å². The number of aryl methyl sites for hydroxylation is 1. The van der Waals surface area contributed by atoms with Gasteiger partial charge >= 0.3 is 12.1 Å². The lowest BCUT2D eigenvalue weighted by atomic mass is 10.1. The molecule has 2 aromatic carbocycles. The summed E-state index contributed by atoms with van der Waals surface area (Å²) in [6.07, 6.45) is 0.0500.